The van der Waals surface area contributed by atoms with Gasteiger partial charge in [-0.2, -0.15) is 0 Å². The molecule has 1 saturated carbocycles. The maximum Gasteiger partial charge on any atom is 0.149 e. The molecule has 0 saturated heterocycles. The Kier molecular flexibility index (Phi) is 2.66. The normalized spacial score (nSPS) is 22.0. The van der Waals surface area contributed by atoms with Gasteiger partial charge in [0, 0.05) is 0 Å². The van der Waals surface area contributed by atoms with Gasteiger partial charge in [0.25, 0.3) is 0 Å². The number of hydrogen-bond donors (Lipinski definition) is 1. The molecular weight excluding hydrogens is 138 g/mol. The Morgan fingerprint density at radius 3 is 2.36 bits per heavy atom. The highest BCUT2D eigenvalue weighted by Gasteiger charge is 2.36. The first kappa shape index (κ1) is 8.72. The van der Waals surface area contributed by atoms with Gasteiger partial charge in [0.1, 0.15) is 5.78 Å². The van der Waals surface area contributed by atoms with Crippen molar-refractivity contribution < 1.29 is 4.79 Å². The van der Waals surface area contributed by atoms with Gasteiger partial charge in [-0.25, -0.2) is 0 Å². The summed E-state index contributed by atoms with van der Waals surface area (Å²) < 4.78 is 0. The monoisotopic (exact) mass is 155 g/mol. The van der Waals surface area contributed by atoms with Crippen molar-refractivity contribution in [2.75, 3.05) is 6.54 Å². The zero-order valence-corrected chi connectivity index (χ0v) is 7.44. The van der Waals surface area contributed by atoms with E-state index in [1.165, 1.54) is 12.8 Å². The second kappa shape index (κ2) is 3.35. The van der Waals surface area contributed by atoms with E-state index in [9.17, 15) is 4.79 Å². The zero-order valence-electron chi connectivity index (χ0n) is 7.44. The predicted octanol–water partition coefficient (Wildman–Crippen LogP) is 1.50. The van der Waals surface area contributed by atoms with Gasteiger partial charge < -0.3 is 5.32 Å². The molecular formula is C9H17NO. The lowest BCUT2D eigenvalue weighted by atomic mass is 9.93. The molecule has 0 aliphatic heterocycles. The Hall–Kier alpha value is -0.370. The van der Waals surface area contributed by atoms with E-state index < -0.39 is 0 Å². The van der Waals surface area contributed by atoms with Crippen LogP contribution in [0.1, 0.15) is 39.5 Å². The van der Waals surface area contributed by atoms with Gasteiger partial charge in [-0.1, -0.05) is 19.8 Å². The molecule has 0 atom stereocenters. The SMILES string of the molecule is CCNC1(C(C)=O)CCCC1. The fourth-order valence-corrected chi connectivity index (χ4v) is 1.97. The Balaban J connectivity index is 2.62. The molecule has 1 N–H and O–H groups in total. The first-order chi connectivity index (χ1) is 5.21. The lowest BCUT2D eigenvalue weighted by Gasteiger charge is -2.26. The highest BCUT2D eigenvalue weighted by Crippen LogP contribution is 2.30. The maximum atomic E-state index is 11.3. The van der Waals surface area contributed by atoms with Crippen molar-refractivity contribution in [2.24, 2.45) is 0 Å². The molecule has 11 heavy (non-hydrogen) atoms. The third-order valence-corrected chi connectivity index (χ3v) is 2.65. The summed E-state index contributed by atoms with van der Waals surface area (Å²) in [6.07, 6.45) is 4.48. The number of nitrogens with one attached hydrogen (secondary N) is 1. The van der Waals surface area contributed by atoms with Gasteiger partial charge in [-0.15, -0.1) is 0 Å². The van der Waals surface area contributed by atoms with Gasteiger partial charge >= 0.3 is 0 Å². The summed E-state index contributed by atoms with van der Waals surface area (Å²) in [5.74, 6) is 0.317. The van der Waals surface area contributed by atoms with Crippen molar-refractivity contribution >= 4 is 5.78 Å². The molecule has 1 aliphatic rings. The van der Waals surface area contributed by atoms with Crippen LogP contribution in [0.15, 0.2) is 0 Å². The van der Waals surface area contributed by atoms with Crippen LogP contribution in [0.3, 0.4) is 0 Å². The minimum Gasteiger partial charge on any atom is -0.305 e. The summed E-state index contributed by atoms with van der Waals surface area (Å²) in [5.41, 5.74) is -0.144. The number of carbonyl (C=O) groups excluding carboxylic acids is 1. The first-order valence-corrected chi connectivity index (χ1v) is 4.47. The molecule has 0 aromatic heterocycles. The molecule has 0 radical (unpaired) electrons. The Labute approximate surface area is 68.4 Å². The van der Waals surface area contributed by atoms with Crippen molar-refractivity contribution in [3.63, 3.8) is 0 Å². The van der Waals surface area contributed by atoms with E-state index in [2.05, 4.69) is 12.2 Å². The van der Waals surface area contributed by atoms with E-state index in [0.29, 0.717) is 5.78 Å². The molecule has 0 bridgehead atoms. The molecule has 0 spiro atoms. The molecule has 0 aromatic carbocycles. The van der Waals surface area contributed by atoms with E-state index in [1.807, 2.05) is 0 Å². The standard InChI is InChI=1S/C9H17NO/c1-3-10-9(8(2)11)6-4-5-7-9/h10H,3-7H2,1-2H3. The van der Waals surface area contributed by atoms with Crippen LogP contribution in [-0.4, -0.2) is 17.9 Å². The second-order valence-corrected chi connectivity index (χ2v) is 3.38. The fraction of sp³-hybridized carbons (Fsp3) is 0.889. The number of likely N-dealkylation sites (N-methyl/N-ethyl adjacent to an activating group) is 1. The molecule has 1 rings (SSSR count). The second-order valence-electron chi connectivity index (χ2n) is 3.38. The topological polar surface area (TPSA) is 29.1 Å². The Morgan fingerprint density at radius 2 is 2.00 bits per heavy atom. The third-order valence-electron chi connectivity index (χ3n) is 2.65. The number of hydrogen-bond acceptors (Lipinski definition) is 2. The van der Waals surface area contributed by atoms with Crippen LogP contribution >= 0.6 is 0 Å². The lowest BCUT2D eigenvalue weighted by molar-refractivity contribution is -0.123. The quantitative estimate of drug-likeness (QED) is 0.669. The van der Waals surface area contributed by atoms with Crippen molar-refractivity contribution in [1.82, 2.24) is 5.32 Å². The summed E-state index contributed by atoms with van der Waals surface area (Å²) in [6, 6.07) is 0. The summed E-state index contributed by atoms with van der Waals surface area (Å²) >= 11 is 0. The summed E-state index contributed by atoms with van der Waals surface area (Å²) in [4.78, 5) is 11.3. The molecule has 2 nitrogen and oxygen atoms in total. The van der Waals surface area contributed by atoms with Gasteiger partial charge in [-0.3, -0.25) is 4.79 Å². The molecule has 0 unspecified atom stereocenters. The van der Waals surface area contributed by atoms with Crippen LogP contribution in [0, 0.1) is 0 Å². The number of ketones is 1. The van der Waals surface area contributed by atoms with Gasteiger partial charge in [-0.05, 0) is 26.3 Å². The molecule has 2 heteroatoms. The van der Waals surface area contributed by atoms with Gasteiger partial charge in [0.15, 0.2) is 0 Å². The number of Topliss-reactive ketones (excluding diaryl/α,β-unsaturated/α-hetero) is 1. The van der Waals surface area contributed by atoms with E-state index in [1.54, 1.807) is 6.92 Å². The van der Waals surface area contributed by atoms with E-state index in [4.69, 9.17) is 0 Å². The summed E-state index contributed by atoms with van der Waals surface area (Å²) in [7, 11) is 0. The Morgan fingerprint density at radius 1 is 1.45 bits per heavy atom. The van der Waals surface area contributed by atoms with Crippen LogP contribution < -0.4 is 5.32 Å². The minimum absolute atomic E-state index is 0.144. The van der Waals surface area contributed by atoms with E-state index >= 15 is 0 Å². The average molecular weight is 155 g/mol. The molecule has 0 amide bonds. The molecule has 0 heterocycles. The van der Waals surface area contributed by atoms with Crippen LogP contribution in [0.25, 0.3) is 0 Å². The summed E-state index contributed by atoms with van der Waals surface area (Å²) in [5, 5.41) is 3.31. The summed E-state index contributed by atoms with van der Waals surface area (Å²) in [6.45, 7) is 4.66. The average Bonchev–Trinajstić information content (AvgIpc) is 2.38. The van der Waals surface area contributed by atoms with Crippen molar-refractivity contribution in [2.45, 2.75) is 45.1 Å². The maximum absolute atomic E-state index is 11.3. The van der Waals surface area contributed by atoms with Crippen LogP contribution in [0.5, 0.6) is 0 Å². The molecule has 0 aromatic rings. The van der Waals surface area contributed by atoms with Crippen LogP contribution in [-0.2, 0) is 4.79 Å². The van der Waals surface area contributed by atoms with Crippen molar-refractivity contribution in [1.29, 1.82) is 0 Å². The predicted molar refractivity (Wildman–Crippen MR) is 45.6 cm³/mol. The highest BCUT2D eigenvalue weighted by atomic mass is 16.1. The zero-order chi connectivity index (χ0) is 8.32. The van der Waals surface area contributed by atoms with Crippen molar-refractivity contribution in [3.05, 3.63) is 0 Å². The Bertz CT molecular complexity index is 148. The lowest BCUT2D eigenvalue weighted by Crippen LogP contribution is -2.48. The van der Waals surface area contributed by atoms with E-state index in [-0.39, 0.29) is 5.54 Å². The largest absolute Gasteiger partial charge is 0.305 e. The molecule has 1 aliphatic carbocycles. The molecule has 64 valence electrons. The van der Waals surface area contributed by atoms with E-state index in [0.717, 1.165) is 19.4 Å². The van der Waals surface area contributed by atoms with Crippen LogP contribution in [0.4, 0.5) is 0 Å². The highest BCUT2D eigenvalue weighted by molar-refractivity contribution is 5.86. The third kappa shape index (κ3) is 1.62. The van der Waals surface area contributed by atoms with Crippen molar-refractivity contribution in [3.8, 4) is 0 Å². The smallest absolute Gasteiger partial charge is 0.149 e. The van der Waals surface area contributed by atoms with Crippen LogP contribution in [0.2, 0.25) is 0 Å². The van der Waals surface area contributed by atoms with Gasteiger partial charge in [0.05, 0.1) is 5.54 Å². The minimum atomic E-state index is -0.144. The number of rotatable bonds is 3. The fourth-order valence-electron chi connectivity index (χ4n) is 1.97. The van der Waals surface area contributed by atoms with Gasteiger partial charge in [0.2, 0.25) is 0 Å². The first-order valence-electron chi connectivity index (χ1n) is 4.47. The molecule has 1 fully saturated rings. The number of carbonyl (C=O) groups is 1.